The first kappa shape index (κ1) is 11.7. The van der Waals surface area contributed by atoms with Crippen LogP contribution >= 0.6 is 11.6 Å². The Bertz CT molecular complexity index is 372. The standard InChI is InChI=1S/C12H15ClFNO/c13-8-4-3-6-10(12(8)14)15-9-5-1-2-7-11(9)16/h3-4,6,9,11,15-16H,1-2,5,7H2/t9-,11-/m0/s1. The summed E-state index contributed by atoms with van der Waals surface area (Å²) in [5, 5.41) is 12.9. The van der Waals surface area contributed by atoms with Gasteiger partial charge in [-0.05, 0) is 25.0 Å². The second-order valence-electron chi connectivity index (χ2n) is 4.20. The molecule has 1 aromatic carbocycles. The van der Waals surface area contributed by atoms with Crippen LogP contribution in [-0.2, 0) is 0 Å². The SMILES string of the molecule is O[C@H]1CCCC[C@@H]1Nc1cccc(Cl)c1F. The molecule has 2 atom stereocenters. The van der Waals surface area contributed by atoms with Gasteiger partial charge in [0.05, 0.1) is 22.9 Å². The van der Waals surface area contributed by atoms with Gasteiger partial charge in [0.15, 0.2) is 5.82 Å². The molecule has 0 unspecified atom stereocenters. The molecule has 88 valence electrons. The van der Waals surface area contributed by atoms with E-state index in [1.54, 1.807) is 12.1 Å². The van der Waals surface area contributed by atoms with Crippen LogP contribution in [0.2, 0.25) is 5.02 Å². The van der Waals surface area contributed by atoms with E-state index in [4.69, 9.17) is 11.6 Å². The van der Waals surface area contributed by atoms with Gasteiger partial charge < -0.3 is 10.4 Å². The van der Waals surface area contributed by atoms with E-state index >= 15 is 0 Å². The Balaban J connectivity index is 2.10. The van der Waals surface area contributed by atoms with Crippen LogP contribution in [-0.4, -0.2) is 17.3 Å². The molecule has 1 saturated carbocycles. The smallest absolute Gasteiger partial charge is 0.164 e. The summed E-state index contributed by atoms with van der Waals surface area (Å²) < 4.78 is 13.6. The van der Waals surface area contributed by atoms with Crippen molar-refractivity contribution in [2.45, 2.75) is 37.8 Å². The Hall–Kier alpha value is -0.800. The molecule has 0 spiro atoms. The lowest BCUT2D eigenvalue weighted by Crippen LogP contribution is -2.36. The topological polar surface area (TPSA) is 32.3 Å². The van der Waals surface area contributed by atoms with Crippen molar-refractivity contribution in [1.82, 2.24) is 0 Å². The van der Waals surface area contributed by atoms with Crippen LogP contribution in [0.15, 0.2) is 18.2 Å². The predicted octanol–water partition coefficient (Wildman–Crippen LogP) is 3.19. The molecular formula is C12H15ClFNO. The second kappa shape index (κ2) is 5.02. The van der Waals surface area contributed by atoms with Crippen LogP contribution in [0.3, 0.4) is 0 Å². The van der Waals surface area contributed by atoms with Gasteiger partial charge in [0.25, 0.3) is 0 Å². The lowest BCUT2D eigenvalue weighted by molar-refractivity contribution is 0.116. The first-order valence-electron chi connectivity index (χ1n) is 5.57. The van der Waals surface area contributed by atoms with Gasteiger partial charge in [0, 0.05) is 0 Å². The van der Waals surface area contributed by atoms with Crippen molar-refractivity contribution < 1.29 is 9.50 Å². The van der Waals surface area contributed by atoms with E-state index < -0.39 is 11.9 Å². The summed E-state index contributed by atoms with van der Waals surface area (Å²) in [7, 11) is 0. The maximum absolute atomic E-state index is 13.6. The largest absolute Gasteiger partial charge is 0.391 e. The van der Waals surface area contributed by atoms with E-state index in [-0.39, 0.29) is 11.1 Å². The number of hydrogen-bond acceptors (Lipinski definition) is 2. The number of benzene rings is 1. The Morgan fingerprint density at radius 1 is 1.31 bits per heavy atom. The molecule has 16 heavy (non-hydrogen) atoms. The van der Waals surface area contributed by atoms with E-state index in [9.17, 15) is 9.50 Å². The lowest BCUT2D eigenvalue weighted by Gasteiger charge is -2.29. The number of nitrogens with one attached hydrogen (secondary N) is 1. The van der Waals surface area contributed by atoms with Gasteiger partial charge in [-0.25, -0.2) is 4.39 Å². The minimum Gasteiger partial charge on any atom is -0.391 e. The van der Waals surface area contributed by atoms with Crippen LogP contribution in [0.5, 0.6) is 0 Å². The van der Waals surface area contributed by atoms with Crippen molar-refractivity contribution in [2.75, 3.05) is 5.32 Å². The molecule has 2 N–H and O–H groups in total. The third-order valence-corrected chi connectivity index (χ3v) is 3.31. The van der Waals surface area contributed by atoms with Crippen LogP contribution in [0.4, 0.5) is 10.1 Å². The van der Waals surface area contributed by atoms with Gasteiger partial charge in [-0.1, -0.05) is 30.5 Å². The Morgan fingerprint density at radius 3 is 2.81 bits per heavy atom. The fourth-order valence-electron chi connectivity index (χ4n) is 2.09. The number of aliphatic hydroxyl groups is 1. The summed E-state index contributed by atoms with van der Waals surface area (Å²) in [6.07, 6.45) is 3.36. The Labute approximate surface area is 99.4 Å². The normalized spacial score (nSPS) is 25.4. The van der Waals surface area contributed by atoms with Gasteiger partial charge >= 0.3 is 0 Å². The first-order valence-corrected chi connectivity index (χ1v) is 5.95. The number of rotatable bonds is 2. The summed E-state index contributed by atoms with van der Waals surface area (Å²) in [6.45, 7) is 0. The first-order chi connectivity index (χ1) is 7.68. The average molecular weight is 244 g/mol. The van der Waals surface area contributed by atoms with Crippen molar-refractivity contribution in [1.29, 1.82) is 0 Å². The van der Waals surface area contributed by atoms with Gasteiger partial charge in [0.1, 0.15) is 0 Å². The molecule has 1 fully saturated rings. The highest BCUT2D eigenvalue weighted by Crippen LogP contribution is 2.26. The quantitative estimate of drug-likeness (QED) is 0.836. The van der Waals surface area contributed by atoms with Crippen molar-refractivity contribution >= 4 is 17.3 Å². The van der Waals surface area contributed by atoms with Gasteiger partial charge in [-0.2, -0.15) is 0 Å². The summed E-state index contributed by atoms with van der Waals surface area (Å²) in [5.74, 6) is -0.443. The van der Waals surface area contributed by atoms with E-state index in [0.29, 0.717) is 5.69 Å². The summed E-state index contributed by atoms with van der Waals surface area (Å²) in [5.41, 5.74) is 0.374. The second-order valence-corrected chi connectivity index (χ2v) is 4.61. The van der Waals surface area contributed by atoms with Gasteiger partial charge in [-0.3, -0.25) is 0 Å². The molecule has 0 saturated heterocycles. The molecule has 2 nitrogen and oxygen atoms in total. The maximum Gasteiger partial charge on any atom is 0.164 e. The highest BCUT2D eigenvalue weighted by Gasteiger charge is 2.23. The fraction of sp³-hybridized carbons (Fsp3) is 0.500. The molecule has 0 bridgehead atoms. The zero-order valence-electron chi connectivity index (χ0n) is 8.92. The third-order valence-electron chi connectivity index (χ3n) is 3.02. The molecular weight excluding hydrogens is 229 g/mol. The highest BCUT2D eigenvalue weighted by atomic mass is 35.5. The van der Waals surface area contributed by atoms with Crippen LogP contribution in [0.1, 0.15) is 25.7 Å². The Kier molecular flexibility index (Phi) is 3.66. The van der Waals surface area contributed by atoms with Crippen molar-refractivity contribution in [3.63, 3.8) is 0 Å². The highest BCUT2D eigenvalue weighted by molar-refractivity contribution is 6.31. The number of anilines is 1. The molecule has 1 aliphatic carbocycles. The molecule has 4 heteroatoms. The van der Waals surface area contributed by atoms with Crippen molar-refractivity contribution in [3.8, 4) is 0 Å². The molecule has 0 radical (unpaired) electrons. The van der Waals surface area contributed by atoms with Gasteiger partial charge in [0.2, 0.25) is 0 Å². The van der Waals surface area contributed by atoms with E-state index in [1.165, 1.54) is 6.07 Å². The fourth-order valence-corrected chi connectivity index (χ4v) is 2.27. The van der Waals surface area contributed by atoms with Crippen LogP contribution in [0.25, 0.3) is 0 Å². The van der Waals surface area contributed by atoms with E-state index in [0.717, 1.165) is 25.7 Å². The number of halogens is 2. The van der Waals surface area contributed by atoms with Crippen molar-refractivity contribution in [2.24, 2.45) is 0 Å². The molecule has 0 heterocycles. The molecule has 0 aliphatic heterocycles. The van der Waals surface area contributed by atoms with Gasteiger partial charge in [-0.15, -0.1) is 0 Å². The minimum absolute atomic E-state index is 0.0679. The summed E-state index contributed by atoms with van der Waals surface area (Å²) >= 11 is 5.69. The van der Waals surface area contributed by atoms with Crippen molar-refractivity contribution in [3.05, 3.63) is 29.0 Å². The monoisotopic (exact) mass is 243 g/mol. The van der Waals surface area contributed by atoms with E-state index in [2.05, 4.69) is 5.32 Å². The third kappa shape index (κ3) is 2.47. The summed E-state index contributed by atoms with van der Waals surface area (Å²) in [4.78, 5) is 0. The Morgan fingerprint density at radius 2 is 2.06 bits per heavy atom. The number of aliphatic hydroxyl groups excluding tert-OH is 1. The zero-order valence-corrected chi connectivity index (χ0v) is 9.67. The molecule has 2 rings (SSSR count). The van der Waals surface area contributed by atoms with E-state index in [1.807, 2.05) is 0 Å². The average Bonchev–Trinajstić information content (AvgIpc) is 2.28. The van der Waals surface area contributed by atoms with Crippen LogP contribution < -0.4 is 5.32 Å². The molecule has 0 amide bonds. The zero-order chi connectivity index (χ0) is 11.5. The minimum atomic E-state index is -0.443. The molecule has 0 aromatic heterocycles. The predicted molar refractivity (Wildman–Crippen MR) is 63.3 cm³/mol. The summed E-state index contributed by atoms with van der Waals surface area (Å²) in [6, 6.07) is 4.78. The maximum atomic E-state index is 13.6. The van der Waals surface area contributed by atoms with Crippen LogP contribution in [0, 0.1) is 5.82 Å². The molecule has 1 aromatic rings. The lowest BCUT2D eigenvalue weighted by atomic mass is 9.92. The molecule has 1 aliphatic rings. The number of hydrogen-bond donors (Lipinski definition) is 2.